The fraction of sp³-hybridized carbons (Fsp3) is 0.500. The Balaban J connectivity index is 1.73. The van der Waals surface area contributed by atoms with Gasteiger partial charge in [0, 0.05) is 30.8 Å². The summed E-state index contributed by atoms with van der Waals surface area (Å²) in [5.74, 6) is 2.93. The van der Waals surface area contributed by atoms with Gasteiger partial charge in [-0.15, -0.1) is 11.3 Å². The van der Waals surface area contributed by atoms with E-state index < -0.39 is 0 Å². The minimum atomic E-state index is 0.483. The largest absolute Gasteiger partial charge is 0.497 e. The van der Waals surface area contributed by atoms with Crippen molar-refractivity contribution in [2.75, 3.05) is 33.4 Å². The quantitative estimate of drug-likeness (QED) is 0.369. The zero-order valence-corrected chi connectivity index (χ0v) is 17.4. The van der Waals surface area contributed by atoms with Gasteiger partial charge in [0.15, 0.2) is 5.96 Å². The molecule has 1 aromatic carbocycles. The summed E-state index contributed by atoms with van der Waals surface area (Å²) in [4.78, 5) is 9.27. The summed E-state index contributed by atoms with van der Waals surface area (Å²) >= 11 is 1.73. The summed E-state index contributed by atoms with van der Waals surface area (Å²) in [7, 11) is 1.65. The van der Waals surface area contributed by atoms with Gasteiger partial charge < -0.3 is 20.1 Å². The first-order valence-corrected chi connectivity index (χ1v) is 10.2. The molecule has 1 heterocycles. The molecule has 0 amide bonds. The summed E-state index contributed by atoms with van der Waals surface area (Å²) < 4.78 is 10.9. The first kappa shape index (κ1) is 21.0. The van der Waals surface area contributed by atoms with Crippen LogP contribution in [0, 0.1) is 0 Å². The molecular formula is C20H30N4O2S. The fourth-order valence-corrected chi connectivity index (χ4v) is 3.21. The number of nitrogens with zero attached hydrogens (tertiary/aromatic N) is 2. The Kier molecular flexibility index (Phi) is 8.91. The van der Waals surface area contributed by atoms with Crippen LogP contribution in [-0.2, 0) is 6.42 Å². The van der Waals surface area contributed by atoms with Crippen LogP contribution in [0.15, 0.2) is 34.6 Å². The Hall–Kier alpha value is -2.28. The van der Waals surface area contributed by atoms with Crippen LogP contribution in [0.1, 0.15) is 37.4 Å². The van der Waals surface area contributed by atoms with Gasteiger partial charge in [-0.2, -0.15) is 0 Å². The molecule has 0 fully saturated rings. The van der Waals surface area contributed by atoms with E-state index in [0.29, 0.717) is 25.6 Å². The van der Waals surface area contributed by atoms with Crippen molar-refractivity contribution >= 4 is 17.3 Å². The van der Waals surface area contributed by atoms with Crippen molar-refractivity contribution in [2.45, 2.75) is 33.1 Å². The van der Waals surface area contributed by atoms with Gasteiger partial charge in [0.2, 0.25) is 0 Å². The van der Waals surface area contributed by atoms with E-state index >= 15 is 0 Å². The second-order valence-corrected chi connectivity index (χ2v) is 7.18. The maximum atomic E-state index is 5.72. The minimum absolute atomic E-state index is 0.483. The van der Waals surface area contributed by atoms with Gasteiger partial charge in [0.25, 0.3) is 0 Å². The number of rotatable bonds is 10. The van der Waals surface area contributed by atoms with E-state index in [1.54, 1.807) is 18.4 Å². The molecule has 0 aliphatic heterocycles. The molecule has 6 nitrogen and oxygen atoms in total. The van der Waals surface area contributed by atoms with Crippen LogP contribution >= 0.6 is 11.3 Å². The van der Waals surface area contributed by atoms with E-state index in [0.717, 1.165) is 36.1 Å². The summed E-state index contributed by atoms with van der Waals surface area (Å²) in [5.41, 5.74) is 1.12. The third-order valence-corrected chi connectivity index (χ3v) is 4.96. The van der Waals surface area contributed by atoms with E-state index in [1.165, 1.54) is 5.01 Å². The van der Waals surface area contributed by atoms with Crippen molar-refractivity contribution in [1.29, 1.82) is 0 Å². The van der Waals surface area contributed by atoms with Crippen LogP contribution in [0.3, 0.4) is 0 Å². The lowest BCUT2D eigenvalue weighted by Gasteiger charge is -2.12. The summed E-state index contributed by atoms with van der Waals surface area (Å²) in [5, 5.41) is 9.87. The summed E-state index contributed by atoms with van der Waals surface area (Å²) in [6.45, 7) is 9.15. The molecular weight excluding hydrogens is 360 g/mol. The number of methoxy groups -OCH3 is 1. The first-order valence-electron chi connectivity index (χ1n) is 9.35. The molecule has 148 valence electrons. The molecule has 0 spiro atoms. The molecule has 0 saturated carbocycles. The van der Waals surface area contributed by atoms with Crippen molar-refractivity contribution < 1.29 is 9.47 Å². The zero-order valence-electron chi connectivity index (χ0n) is 16.6. The van der Waals surface area contributed by atoms with Crippen molar-refractivity contribution in [2.24, 2.45) is 4.99 Å². The number of guanidine groups is 1. The van der Waals surface area contributed by atoms with Gasteiger partial charge in [-0.1, -0.05) is 13.8 Å². The minimum Gasteiger partial charge on any atom is -0.497 e. The van der Waals surface area contributed by atoms with Gasteiger partial charge in [0.05, 0.1) is 24.4 Å². The Morgan fingerprint density at radius 1 is 1.19 bits per heavy atom. The van der Waals surface area contributed by atoms with Gasteiger partial charge >= 0.3 is 0 Å². The van der Waals surface area contributed by atoms with E-state index in [1.807, 2.05) is 24.3 Å². The standard InChI is InChI=1S/C20H30N4O2S/c1-5-21-20(22-11-10-16-14-27-19(24-16)15(2)3)23-12-13-26-18-8-6-17(25-4)7-9-18/h6-9,14-15H,5,10-13H2,1-4H3,(H2,21,22,23). The topological polar surface area (TPSA) is 67.8 Å². The summed E-state index contributed by atoms with van der Waals surface area (Å²) in [6, 6.07) is 7.57. The van der Waals surface area contributed by atoms with Crippen molar-refractivity contribution in [3.8, 4) is 11.5 Å². The number of aromatic nitrogens is 1. The predicted octanol–water partition coefficient (Wildman–Crippen LogP) is 3.45. The maximum absolute atomic E-state index is 5.72. The molecule has 2 N–H and O–H groups in total. The van der Waals surface area contributed by atoms with Gasteiger partial charge in [0.1, 0.15) is 18.1 Å². The predicted molar refractivity (Wildman–Crippen MR) is 112 cm³/mol. The van der Waals surface area contributed by atoms with Crippen LogP contribution in [0.2, 0.25) is 0 Å². The third-order valence-electron chi connectivity index (χ3n) is 3.77. The number of nitrogens with one attached hydrogen (secondary N) is 2. The number of benzene rings is 1. The smallest absolute Gasteiger partial charge is 0.191 e. The molecule has 1 aromatic heterocycles. The molecule has 0 radical (unpaired) electrons. The van der Waals surface area contributed by atoms with Gasteiger partial charge in [-0.25, -0.2) is 4.98 Å². The van der Waals surface area contributed by atoms with Gasteiger partial charge in [-0.05, 0) is 31.2 Å². The SMILES string of the molecule is CCNC(=NCCc1csc(C(C)C)n1)NCCOc1ccc(OC)cc1. The second-order valence-electron chi connectivity index (χ2n) is 6.29. The molecule has 2 rings (SSSR count). The lowest BCUT2D eigenvalue weighted by Crippen LogP contribution is -2.39. The van der Waals surface area contributed by atoms with E-state index in [-0.39, 0.29) is 0 Å². The Bertz CT molecular complexity index is 698. The third kappa shape index (κ3) is 7.46. The number of aliphatic imine (C=N–C) groups is 1. The molecule has 0 saturated heterocycles. The molecule has 27 heavy (non-hydrogen) atoms. The highest BCUT2D eigenvalue weighted by Gasteiger charge is 2.05. The number of hydrogen-bond donors (Lipinski definition) is 2. The van der Waals surface area contributed by atoms with Crippen LogP contribution in [-0.4, -0.2) is 44.3 Å². The lowest BCUT2D eigenvalue weighted by molar-refractivity contribution is 0.321. The lowest BCUT2D eigenvalue weighted by atomic mass is 10.2. The fourth-order valence-electron chi connectivity index (χ4n) is 2.34. The highest BCUT2D eigenvalue weighted by atomic mass is 32.1. The van der Waals surface area contributed by atoms with Crippen molar-refractivity contribution in [1.82, 2.24) is 15.6 Å². The number of hydrogen-bond acceptors (Lipinski definition) is 5. The van der Waals surface area contributed by atoms with E-state index in [2.05, 4.69) is 46.8 Å². The number of thiazole rings is 1. The zero-order chi connectivity index (χ0) is 19.5. The molecule has 0 bridgehead atoms. The van der Waals surface area contributed by atoms with Crippen molar-refractivity contribution in [3.05, 3.63) is 40.3 Å². The number of ether oxygens (including phenoxy) is 2. The maximum Gasteiger partial charge on any atom is 0.191 e. The normalized spacial score (nSPS) is 11.5. The highest BCUT2D eigenvalue weighted by molar-refractivity contribution is 7.09. The Labute approximate surface area is 166 Å². The molecule has 0 aliphatic rings. The average molecular weight is 391 g/mol. The molecule has 2 aromatic rings. The van der Waals surface area contributed by atoms with E-state index in [9.17, 15) is 0 Å². The van der Waals surface area contributed by atoms with Crippen LogP contribution < -0.4 is 20.1 Å². The van der Waals surface area contributed by atoms with E-state index in [4.69, 9.17) is 9.47 Å². The van der Waals surface area contributed by atoms with Crippen LogP contribution in [0.4, 0.5) is 0 Å². The Morgan fingerprint density at radius 3 is 2.56 bits per heavy atom. The van der Waals surface area contributed by atoms with Crippen LogP contribution in [0.5, 0.6) is 11.5 Å². The average Bonchev–Trinajstić information content (AvgIpc) is 3.15. The molecule has 7 heteroatoms. The van der Waals surface area contributed by atoms with Crippen molar-refractivity contribution in [3.63, 3.8) is 0 Å². The second kappa shape index (κ2) is 11.4. The van der Waals surface area contributed by atoms with Crippen LogP contribution in [0.25, 0.3) is 0 Å². The molecule has 0 unspecified atom stereocenters. The Morgan fingerprint density at radius 2 is 1.93 bits per heavy atom. The van der Waals surface area contributed by atoms with Gasteiger partial charge in [-0.3, -0.25) is 4.99 Å². The first-order chi connectivity index (χ1) is 13.1. The summed E-state index contributed by atoms with van der Waals surface area (Å²) in [6.07, 6.45) is 0.849. The highest BCUT2D eigenvalue weighted by Crippen LogP contribution is 2.19. The monoisotopic (exact) mass is 390 g/mol. The molecule has 0 atom stereocenters. The molecule has 0 aliphatic carbocycles.